The van der Waals surface area contributed by atoms with Crippen molar-refractivity contribution < 1.29 is 4.39 Å². The molecule has 0 saturated carbocycles. The van der Waals surface area contributed by atoms with Crippen molar-refractivity contribution in [3.05, 3.63) is 59.9 Å². The molecule has 0 unspecified atom stereocenters. The quantitative estimate of drug-likeness (QED) is 0.852. The molecule has 2 aromatic rings. The molecule has 1 heterocycles. The third-order valence-electron chi connectivity index (χ3n) is 3.92. The molecule has 0 bridgehead atoms. The Morgan fingerprint density at radius 2 is 1.61 bits per heavy atom. The van der Waals surface area contributed by atoms with Crippen LogP contribution < -0.4 is 10.6 Å². The van der Waals surface area contributed by atoms with E-state index in [-0.39, 0.29) is 30.6 Å². The van der Waals surface area contributed by atoms with Crippen LogP contribution in [0.2, 0.25) is 0 Å². The summed E-state index contributed by atoms with van der Waals surface area (Å²) in [6, 6.07) is 15.0. The number of hydrogen-bond acceptors (Lipinski definition) is 3. The summed E-state index contributed by atoms with van der Waals surface area (Å²) in [6.45, 7) is 4.47. The van der Waals surface area contributed by atoms with E-state index in [1.807, 2.05) is 30.3 Å². The van der Waals surface area contributed by atoms with Gasteiger partial charge in [0.2, 0.25) is 0 Å². The van der Waals surface area contributed by atoms with E-state index >= 15 is 0 Å². The molecular weight excluding hydrogens is 336 g/mol. The van der Waals surface area contributed by atoms with Crippen molar-refractivity contribution in [2.75, 3.05) is 36.8 Å². The van der Waals surface area contributed by atoms with Crippen molar-refractivity contribution in [2.45, 2.75) is 6.54 Å². The Morgan fingerprint density at radius 1 is 0.913 bits per heavy atom. The van der Waals surface area contributed by atoms with E-state index in [1.165, 1.54) is 11.6 Å². The van der Waals surface area contributed by atoms with Crippen molar-refractivity contribution in [3.63, 3.8) is 0 Å². The molecule has 2 aromatic carbocycles. The molecule has 0 aromatic heterocycles. The van der Waals surface area contributed by atoms with Crippen LogP contribution in [0.25, 0.3) is 0 Å². The molecule has 3 nitrogen and oxygen atoms in total. The monoisotopic (exact) mass is 357 g/mol. The summed E-state index contributed by atoms with van der Waals surface area (Å²) < 4.78 is 13.8. The molecule has 0 spiro atoms. The number of rotatable bonds is 3. The first kappa shape index (κ1) is 19.6. The molecule has 0 radical (unpaired) electrons. The van der Waals surface area contributed by atoms with Crippen LogP contribution in [-0.2, 0) is 6.54 Å². The van der Waals surface area contributed by atoms with Crippen molar-refractivity contribution in [3.8, 4) is 0 Å². The van der Waals surface area contributed by atoms with Gasteiger partial charge >= 0.3 is 0 Å². The first-order valence-corrected chi connectivity index (χ1v) is 7.28. The van der Waals surface area contributed by atoms with Gasteiger partial charge < -0.3 is 10.6 Å². The third-order valence-corrected chi connectivity index (χ3v) is 3.92. The molecule has 1 aliphatic rings. The molecule has 1 saturated heterocycles. The molecule has 3 rings (SSSR count). The minimum atomic E-state index is -0.137. The van der Waals surface area contributed by atoms with Crippen LogP contribution in [0.1, 0.15) is 5.56 Å². The van der Waals surface area contributed by atoms with Gasteiger partial charge in [0.25, 0.3) is 0 Å². The lowest BCUT2D eigenvalue weighted by molar-refractivity contribution is 0.249. The normalized spacial score (nSPS) is 14.7. The van der Waals surface area contributed by atoms with E-state index in [9.17, 15) is 4.39 Å². The Bertz CT molecular complexity index is 616. The lowest BCUT2D eigenvalue weighted by atomic mass is 10.1. The second-order valence-electron chi connectivity index (χ2n) is 5.46. The van der Waals surface area contributed by atoms with Crippen LogP contribution in [0.4, 0.5) is 15.8 Å². The van der Waals surface area contributed by atoms with Crippen molar-refractivity contribution >= 4 is 36.2 Å². The fourth-order valence-corrected chi connectivity index (χ4v) is 2.80. The lowest BCUT2D eigenvalue weighted by Gasteiger charge is -2.36. The average Bonchev–Trinajstić information content (AvgIpc) is 2.49. The number of para-hydroxylation sites is 1. The van der Waals surface area contributed by atoms with Gasteiger partial charge in [-0.15, -0.1) is 24.8 Å². The van der Waals surface area contributed by atoms with Gasteiger partial charge in [0.1, 0.15) is 5.82 Å². The van der Waals surface area contributed by atoms with Gasteiger partial charge in [-0.1, -0.05) is 24.3 Å². The van der Waals surface area contributed by atoms with E-state index in [0.29, 0.717) is 5.69 Å². The zero-order valence-electron chi connectivity index (χ0n) is 12.8. The van der Waals surface area contributed by atoms with Crippen LogP contribution in [0.3, 0.4) is 0 Å². The fourth-order valence-electron chi connectivity index (χ4n) is 2.80. The Kier molecular flexibility index (Phi) is 7.62. The minimum absolute atomic E-state index is 0. The number of hydrogen-bond donors (Lipinski definition) is 1. The van der Waals surface area contributed by atoms with Crippen molar-refractivity contribution in [1.82, 2.24) is 4.90 Å². The highest BCUT2D eigenvalue weighted by molar-refractivity contribution is 5.85. The van der Waals surface area contributed by atoms with Crippen LogP contribution >= 0.6 is 24.8 Å². The zero-order chi connectivity index (χ0) is 14.7. The second kappa shape index (κ2) is 8.96. The third kappa shape index (κ3) is 4.99. The molecular formula is C17H22Cl2FN3. The molecule has 126 valence electrons. The maximum absolute atomic E-state index is 13.8. The van der Waals surface area contributed by atoms with Crippen LogP contribution in [-0.4, -0.2) is 31.1 Å². The highest BCUT2D eigenvalue weighted by atomic mass is 35.5. The first-order chi connectivity index (χ1) is 10.2. The van der Waals surface area contributed by atoms with Crippen LogP contribution in [0.5, 0.6) is 0 Å². The molecule has 0 atom stereocenters. The smallest absolute Gasteiger partial charge is 0.146 e. The first-order valence-electron chi connectivity index (χ1n) is 7.28. The predicted molar refractivity (Wildman–Crippen MR) is 99.2 cm³/mol. The maximum Gasteiger partial charge on any atom is 0.146 e. The summed E-state index contributed by atoms with van der Waals surface area (Å²) in [5, 5.41) is 0. The number of nitrogens with zero attached hydrogens (tertiary/aromatic N) is 2. The minimum Gasteiger partial charge on any atom is -0.399 e. The van der Waals surface area contributed by atoms with Gasteiger partial charge in [0.05, 0.1) is 5.69 Å². The summed E-state index contributed by atoms with van der Waals surface area (Å²) in [4.78, 5) is 4.50. The van der Waals surface area contributed by atoms with Crippen LogP contribution in [0.15, 0.2) is 48.5 Å². The van der Waals surface area contributed by atoms with E-state index in [4.69, 9.17) is 5.73 Å². The van der Waals surface area contributed by atoms with Gasteiger partial charge in [-0.05, 0) is 29.8 Å². The van der Waals surface area contributed by atoms with Gasteiger partial charge in [-0.2, -0.15) is 0 Å². The standard InChI is InChI=1S/C17H20FN3.2ClH/c18-16-6-1-2-7-17(16)21-10-8-20(9-11-21)13-14-4-3-5-15(19)12-14;;/h1-7,12H,8-11,13,19H2;2*1H. The average molecular weight is 358 g/mol. The largest absolute Gasteiger partial charge is 0.399 e. The zero-order valence-corrected chi connectivity index (χ0v) is 14.5. The summed E-state index contributed by atoms with van der Waals surface area (Å²) in [5.74, 6) is -0.137. The van der Waals surface area contributed by atoms with E-state index in [0.717, 1.165) is 38.4 Å². The highest BCUT2D eigenvalue weighted by Crippen LogP contribution is 2.20. The van der Waals surface area contributed by atoms with E-state index < -0.39 is 0 Å². The van der Waals surface area contributed by atoms with Gasteiger partial charge in [0.15, 0.2) is 0 Å². The van der Waals surface area contributed by atoms with Gasteiger partial charge in [-0.25, -0.2) is 4.39 Å². The number of nitrogen functional groups attached to an aromatic ring is 1. The Morgan fingerprint density at radius 3 is 2.26 bits per heavy atom. The molecule has 0 amide bonds. The lowest BCUT2D eigenvalue weighted by Crippen LogP contribution is -2.46. The van der Waals surface area contributed by atoms with Crippen LogP contribution in [0, 0.1) is 5.82 Å². The Labute approximate surface area is 149 Å². The molecule has 23 heavy (non-hydrogen) atoms. The number of benzene rings is 2. The number of anilines is 2. The van der Waals surface area contributed by atoms with Gasteiger partial charge in [-0.3, -0.25) is 4.90 Å². The SMILES string of the molecule is Cl.Cl.Nc1cccc(CN2CCN(c3ccccc3F)CC2)c1. The number of piperazine rings is 1. The van der Waals surface area contributed by atoms with E-state index in [1.54, 1.807) is 6.07 Å². The summed E-state index contributed by atoms with van der Waals surface area (Å²) in [6.07, 6.45) is 0. The topological polar surface area (TPSA) is 32.5 Å². The summed E-state index contributed by atoms with van der Waals surface area (Å²) in [5.41, 5.74) is 8.55. The summed E-state index contributed by atoms with van der Waals surface area (Å²) in [7, 11) is 0. The van der Waals surface area contributed by atoms with Crippen molar-refractivity contribution in [1.29, 1.82) is 0 Å². The van der Waals surface area contributed by atoms with Crippen molar-refractivity contribution in [2.24, 2.45) is 0 Å². The second-order valence-corrected chi connectivity index (χ2v) is 5.46. The molecule has 0 aliphatic carbocycles. The molecule has 6 heteroatoms. The number of halogens is 3. The maximum atomic E-state index is 13.8. The summed E-state index contributed by atoms with van der Waals surface area (Å²) >= 11 is 0. The highest BCUT2D eigenvalue weighted by Gasteiger charge is 2.19. The fraction of sp³-hybridized carbons (Fsp3) is 0.294. The van der Waals surface area contributed by atoms with Gasteiger partial charge in [0, 0.05) is 38.4 Å². The Hall–Kier alpha value is -1.49. The molecule has 1 aliphatic heterocycles. The van der Waals surface area contributed by atoms with E-state index in [2.05, 4.69) is 15.9 Å². The Balaban J connectivity index is 0.00000132. The predicted octanol–water partition coefficient (Wildman–Crippen LogP) is 3.57. The number of nitrogens with two attached hydrogens (primary N) is 1. The molecule has 2 N–H and O–H groups in total. The molecule has 1 fully saturated rings.